The maximum Gasteiger partial charge on any atom is 0.296 e. The molecule has 8 aromatic carbocycles. The second kappa shape index (κ2) is 19.8. The van der Waals surface area contributed by atoms with Gasteiger partial charge in [0.1, 0.15) is 21.2 Å². The number of aromatic hydroxyl groups is 2. The van der Waals surface area contributed by atoms with E-state index in [1.807, 2.05) is 0 Å². The van der Waals surface area contributed by atoms with Crippen LogP contribution in [0.2, 0.25) is 0 Å². The van der Waals surface area contributed by atoms with Gasteiger partial charge in [0, 0.05) is 33.3 Å². The highest BCUT2D eigenvalue weighted by molar-refractivity contribution is 7.86. The van der Waals surface area contributed by atoms with E-state index in [0.29, 0.717) is 22.3 Å². The Morgan fingerprint density at radius 2 is 0.889 bits per heavy atom. The van der Waals surface area contributed by atoms with Crippen molar-refractivity contribution >= 4 is 123 Å². The smallest absolute Gasteiger partial charge is 0.296 e. The van der Waals surface area contributed by atoms with E-state index in [0.717, 1.165) is 12.1 Å². The number of fused-ring (bicyclic) bond motifs is 2. The lowest BCUT2D eigenvalue weighted by Gasteiger charge is -2.12. The van der Waals surface area contributed by atoms with Crippen LogP contribution < -0.4 is 22.9 Å². The predicted molar refractivity (Wildman–Crippen MR) is 268 cm³/mol. The summed E-state index contributed by atoms with van der Waals surface area (Å²) in [7, 11) is -9.80. The van der Waals surface area contributed by atoms with Gasteiger partial charge >= 0.3 is 0 Å². The first-order chi connectivity index (χ1) is 34.2. The zero-order valence-electron chi connectivity index (χ0n) is 36.8. The van der Waals surface area contributed by atoms with Crippen LogP contribution in [-0.4, -0.2) is 48.0 Å². The lowest BCUT2D eigenvalue weighted by atomic mass is 10.0. The zero-order chi connectivity index (χ0) is 51.5. The van der Waals surface area contributed by atoms with Crippen LogP contribution in [0.5, 0.6) is 11.5 Å². The molecule has 0 saturated heterocycles. The van der Waals surface area contributed by atoms with Crippen molar-refractivity contribution in [2.45, 2.75) is 9.79 Å². The van der Waals surface area contributed by atoms with E-state index in [1.165, 1.54) is 91.0 Å². The topological polar surface area (TPSA) is 386 Å². The summed E-state index contributed by atoms with van der Waals surface area (Å²) in [5.41, 5.74) is 25.0. The SMILES string of the molecule is NC(=O)c1ccc(N=Nc2ccc3c(N=Nc4ccc(/C=C/c5ccc(N=Nc6ccc(N)c7c(O)c(N=Nc8ccc(C(N)=O)cc8)c(S(=O)(=O)O)cc67)cc5)c(S(=O)(=O)O)c4)ccc(N)c3c2O)cc1. The van der Waals surface area contributed by atoms with Crippen LogP contribution in [-0.2, 0) is 20.2 Å². The van der Waals surface area contributed by atoms with Crippen molar-refractivity contribution in [1.82, 2.24) is 0 Å². The molecule has 0 aliphatic carbocycles. The molecule has 0 unspecified atom stereocenters. The van der Waals surface area contributed by atoms with Gasteiger partial charge in [-0.3, -0.25) is 18.7 Å². The number of hydrogen-bond acceptors (Lipinski definition) is 18. The Hall–Kier alpha value is -9.62. The fourth-order valence-electron chi connectivity index (χ4n) is 7.06. The Morgan fingerprint density at radius 3 is 1.42 bits per heavy atom. The van der Waals surface area contributed by atoms with Crippen molar-refractivity contribution in [3.05, 3.63) is 156 Å². The lowest BCUT2D eigenvalue weighted by Crippen LogP contribution is -2.10. The standard InChI is InChI=1S/C48H36N12O10S2/c49-35-18-21-37(33-17-20-39(45(61)42(33)35)59-54-30-12-6-27(7-13-30)47(51)63)57-56-32-16-5-26(40(23-32)71(65,66)67)4-1-25-2-10-29(11-3-25)53-58-38-22-19-36(50)43-34(38)24-41(72(68,69)70)44(46(43)62)60-55-31-14-8-28(9-15-31)48(52)64/h1-24,61-62H,49-50H2,(H2,51,63)(H2,52,64)(H,65,66,67)(H,68,69,70)/b4-1+,57-56?,58-53?,59-54?,60-55?. The van der Waals surface area contributed by atoms with Crippen LogP contribution in [0.4, 0.5) is 56.9 Å². The van der Waals surface area contributed by atoms with Gasteiger partial charge in [0.2, 0.25) is 11.8 Å². The van der Waals surface area contributed by atoms with Crippen LogP contribution in [0.3, 0.4) is 0 Å². The minimum absolute atomic E-state index is 0.00240. The molecule has 0 fully saturated rings. The normalized spacial score (nSPS) is 12.4. The fraction of sp³-hybridized carbons (Fsp3) is 0. The van der Waals surface area contributed by atoms with E-state index < -0.39 is 53.3 Å². The highest BCUT2D eigenvalue weighted by Gasteiger charge is 2.25. The van der Waals surface area contributed by atoms with Gasteiger partial charge in [0.05, 0.1) is 44.9 Å². The second-order valence-electron chi connectivity index (χ2n) is 15.4. The molecule has 8 aromatic rings. The van der Waals surface area contributed by atoms with Gasteiger partial charge in [-0.1, -0.05) is 30.4 Å². The van der Waals surface area contributed by atoms with Gasteiger partial charge < -0.3 is 33.1 Å². The van der Waals surface area contributed by atoms with Crippen LogP contribution in [0, 0.1) is 0 Å². The van der Waals surface area contributed by atoms with Gasteiger partial charge in [-0.25, -0.2) is 0 Å². The van der Waals surface area contributed by atoms with Crippen molar-refractivity contribution in [3.8, 4) is 11.5 Å². The Morgan fingerprint density at radius 1 is 0.444 bits per heavy atom. The number of carbonyl (C=O) groups is 2. The summed E-state index contributed by atoms with van der Waals surface area (Å²) in [5, 5.41) is 55.9. The molecule has 0 aromatic heterocycles. The van der Waals surface area contributed by atoms with Crippen molar-refractivity contribution in [3.63, 3.8) is 0 Å². The number of amides is 2. The number of anilines is 2. The van der Waals surface area contributed by atoms with E-state index in [2.05, 4.69) is 40.9 Å². The van der Waals surface area contributed by atoms with E-state index in [9.17, 15) is 45.7 Å². The molecule has 22 nitrogen and oxygen atoms in total. The third-order valence-electron chi connectivity index (χ3n) is 10.7. The number of azo groups is 4. The minimum atomic E-state index is -5.02. The summed E-state index contributed by atoms with van der Waals surface area (Å²) in [5.74, 6) is -2.29. The van der Waals surface area contributed by atoms with Gasteiger partial charge in [-0.05, 0) is 126 Å². The molecular formula is C48H36N12O10S2. The molecule has 0 atom stereocenters. The Balaban J connectivity index is 1.01. The fourth-order valence-corrected chi connectivity index (χ4v) is 8.41. The van der Waals surface area contributed by atoms with Crippen molar-refractivity contribution < 1.29 is 45.7 Å². The number of benzene rings is 8. The molecule has 0 heterocycles. The average molecular weight is 1010 g/mol. The number of primary amides is 2. The molecule has 0 aliphatic heterocycles. The van der Waals surface area contributed by atoms with Crippen LogP contribution >= 0.6 is 0 Å². The van der Waals surface area contributed by atoms with E-state index in [1.54, 1.807) is 42.5 Å². The van der Waals surface area contributed by atoms with E-state index >= 15 is 0 Å². The number of nitrogens with two attached hydrogens (primary N) is 4. The Kier molecular flexibility index (Phi) is 13.4. The number of phenols is 2. The molecule has 2 amide bonds. The molecule has 8 rings (SSSR count). The molecule has 0 radical (unpaired) electrons. The quantitative estimate of drug-likeness (QED) is 0.0218. The molecule has 0 aliphatic rings. The van der Waals surface area contributed by atoms with Crippen molar-refractivity contribution in [1.29, 1.82) is 0 Å². The molecule has 0 bridgehead atoms. The first-order valence-corrected chi connectivity index (χ1v) is 23.6. The monoisotopic (exact) mass is 1000 g/mol. The summed E-state index contributed by atoms with van der Waals surface area (Å²) in [6.45, 7) is 0. The molecular weight excluding hydrogens is 969 g/mol. The molecule has 72 heavy (non-hydrogen) atoms. The van der Waals surface area contributed by atoms with Crippen LogP contribution in [0.25, 0.3) is 33.7 Å². The number of phenolic OH excluding ortho intramolecular Hbond substituents is 2. The second-order valence-corrected chi connectivity index (χ2v) is 18.2. The highest BCUT2D eigenvalue weighted by atomic mass is 32.2. The number of carbonyl (C=O) groups excluding carboxylic acids is 2. The van der Waals surface area contributed by atoms with Crippen LogP contribution in [0.15, 0.2) is 184 Å². The van der Waals surface area contributed by atoms with E-state index in [4.69, 9.17) is 22.9 Å². The third kappa shape index (κ3) is 10.7. The molecule has 0 spiro atoms. The number of hydrogen-bond donors (Lipinski definition) is 8. The summed E-state index contributed by atoms with van der Waals surface area (Å²) in [6, 6.07) is 31.9. The third-order valence-corrected chi connectivity index (χ3v) is 12.4. The van der Waals surface area contributed by atoms with E-state index in [-0.39, 0.29) is 78.4 Å². The van der Waals surface area contributed by atoms with Crippen LogP contribution in [0.1, 0.15) is 31.8 Å². The summed E-state index contributed by atoms with van der Waals surface area (Å²) in [4.78, 5) is 21.5. The van der Waals surface area contributed by atoms with Crippen molar-refractivity contribution in [2.75, 3.05) is 11.5 Å². The zero-order valence-corrected chi connectivity index (χ0v) is 38.4. The lowest BCUT2D eigenvalue weighted by molar-refractivity contribution is 0.0992. The predicted octanol–water partition coefficient (Wildman–Crippen LogP) is 11.1. The minimum Gasteiger partial charge on any atom is -0.505 e. The maximum atomic E-state index is 12.6. The van der Waals surface area contributed by atoms with Crippen molar-refractivity contribution in [2.24, 2.45) is 52.4 Å². The molecule has 12 N–H and O–H groups in total. The number of rotatable bonds is 14. The van der Waals surface area contributed by atoms with Gasteiger partial charge in [-0.15, -0.1) is 20.5 Å². The molecule has 0 saturated carbocycles. The number of nitrogen functional groups attached to an aromatic ring is 2. The molecule has 24 heteroatoms. The maximum absolute atomic E-state index is 12.6. The largest absolute Gasteiger partial charge is 0.505 e. The van der Waals surface area contributed by atoms with Gasteiger partial charge in [-0.2, -0.15) is 37.3 Å². The summed E-state index contributed by atoms with van der Waals surface area (Å²) < 4.78 is 70.5. The molecule has 360 valence electrons. The Bertz CT molecular complexity index is 3900. The van der Waals surface area contributed by atoms with Gasteiger partial charge in [0.15, 0.2) is 11.5 Å². The summed E-state index contributed by atoms with van der Waals surface area (Å²) in [6.07, 6.45) is 3.03. The highest BCUT2D eigenvalue weighted by Crippen LogP contribution is 2.47. The average Bonchev–Trinajstić information content (AvgIpc) is 3.34. The first kappa shape index (κ1) is 48.8. The first-order valence-electron chi connectivity index (χ1n) is 20.7. The van der Waals surface area contributed by atoms with Gasteiger partial charge in [0.25, 0.3) is 20.2 Å². The number of nitrogens with zero attached hydrogens (tertiary/aromatic N) is 8. The Labute approximate surface area is 407 Å². The summed E-state index contributed by atoms with van der Waals surface area (Å²) >= 11 is 0.